The van der Waals surface area contributed by atoms with Crippen LogP contribution in [-0.2, 0) is 13.0 Å². The first-order chi connectivity index (χ1) is 12.3. The minimum atomic E-state index is 0.146. The molecule has 0 unspecified atom stereocenters. The van der Waals surface area contributed by atoms with Gasteiger partial charge in [0.1, 0.15) is 5.82 Å². The van der Waals surface area contributed by atoms with Gasteiger partial charge >= 0.3 is 0 Å². The van der Waals surface area contributed by atoms with Crippen molar-refractivity contribution in [2.45, 2.75) is 32.7 Å². The van der Waals surface area contributed by atoms with Crippen LogP contribution in [0, 0.1) is 5.92 Å². The number of hydrogen-bond donors (Lipinski definition) is 1. The van der Waals surface area contributed by atoms with Crippen molar-refractivity contribution >= 4 is 16.8 Å². The summed E-state index contributed by atoms with van der Waals surface area (Å²) in [4.78, 5) is 22.5. The summed E-state index contributed by atoms with van der Waals surface area (Å²) in [6.07, 6.45) is 8.87. The molecule has 1 fully saturated rings. The molecular formula is C20H24N4O. The molecular weight excluding hydrogens is 312 g/mol. The van der Waals surface area contributed by atoms with Crippen LogP contribution in [0.2, 0.25) is 0 Å². The molecule has 1 N–H and O–H groups in total. The number of fused-ring (bicyclic) bond motifs is 1. The van der Waals surface area contributed by atoms with Crippen molar-refractivity contribution in [3.8, 4) is 0 Å². The van der Waals surface area contributed by atoms with Crippen molar-refractivity contribution in [1.29, 1.82) is 0 Å². The average molecular weight is 336 g/mol. The van der Waals surface area contributed by atoms with E-state index in [0.29, 0.717) is 5.92 Å². The van der Waals surface area contributed by atoms with Crippen molar-refractivity contribution in [3.63, 3.8) is 0 Å². The standard InChI is InChI=1S/C20H24N4O/c1-2-19-21-9-12-24(19)14-15-7-10-23(11-8-15)20(25)17-13-22-18-6-4-3-5-16(17)18/h3-6,9,12-13,15,22H,2,7-8,10-11,14H2,1H3. The minimum absolute atomic E-state index is 0.146. The largest absolute Gasteiger partial charge is 0.360 e. The number of nitrogens with one attached hydrogen (secondary N) is 1. The molecule has 2 aromatic heterocycles. The monoisotopic (exact) mass is 336 g/mol. The predicted molar refractivity (Wildman–Crippen MR) is 98.5 cm³/mol. The van der Waals surface area contributed by atoms with Gasteiger partial charge in [-0.3, -0.25) is 4.79 Å². The number of aromatic nitrogens is 3. The van der Waals surface area contributed by atoms with E-state index in [2.05, 4.69) is 27.7 Å². The van der Waals surface area contributed by atoms with E-state index in [1.54, 1.807) is 0 Å². The van der Waals surface area contributed by atoms with Crippen molar-refractivity contribution < 1.29 is 4.79 Å². The van der Waals surface area contributed by atoms with Crippen molar-refractivity contribution in [1.82, 2.24) is 19.4 Å². The number of carbonyl (C=O) groups excluding carboxylic acids is 1. The molecule has 0 radical (unpaired) electrons. The van der Waals surface area contributed by atoms with Gasteiger partial charge in [0.15, 0.2) is 0 Å². The Hall–Kier alpha value is -2.56. The fourth-order valence-corrected chi connectivity index (χ4v) is 3.84. The molecule has 3 heterocycles. The molecule has 0 aliphatic carbocycles. The normalized spacial score (nSPS) is 15.8. The van der Waals surface area contributed by atoms with Gasteiger partial charge in [-0.25, -0.2) is 4.98 Å². The molecule has 1 aliphatic heterocycles. The lowest BCUT2D eigenvalue weighted by atomic mass is 9.96. The van der Waals surface area contributed by atoms with E-state index in [4.69, 9.17) is 0 Å². The molecule has 0 saturated carbocycles. The summed E-state index contributed by atoms with van der Waals surface area (Å²) in [7, 11) is 0. The second-order valence-corrected chi connectivity index (χ2v) is 6.83. The van der Waals surface area contributed by atoms with E-state index in [1.165, 1.54) is 0 Å². The first-order valence-corrected chi connectivity index (χ1v) is 9.11. The van der Waals surface area contributed by atoms with E-state index in [1.807, 2.05) is 41.6 Å². The Morgan fingerprint density at radius 3 is 2.88 bits per heavy atom. The number of hydrogen-bond acceptors (Lipinski definition) is 2. The maximum absolute atomic E-state index is 12.9. The third kappa shape index (κ3) is 3.06. The summed E-state index contributed by atoms with van der Waals surface area (Å²) in [5, 5.41) is 1.01. The first-order valence-electron chi connectivity index (χ1n) is 9.11. The number of aromatic amines is 1. The van der Waals surface area contributed by atoms with E-state index in [9.17, 15) is 4.79 Å². The number of para-hydroxylation sites is 1. The minimum Gasteiger partial charge on any atom is -0.360 e. The maximum atomic E-state index is 12.9. The highest BCUT2D eigenvalue weighted by atomic mass is 16.2. The van der Waals surface area contributed by atoms with Gasteiger partial charge in [0, 0.05) is 55.5 Å². The molecule has 0 bridgehead atoms. The Kier molecular flexibility index (Phi) is 4.30. The lowest BCUT2D eigenvalue weighted by Gasteiger charge is -2.32. The first kappa shape index (κ1) is 15.9. The number of aryl methyl sites for hydroxylation is 1. The molecule has 1 aliphatic rings. The lowest BCUT2D eigenvalue weighted by Crippen LogP contribution is -2.39. The Labute approximate surface area is 147 Å². The summed E-state index contributed by atoms with van der Waals surface area (Å²) in [5.41, 5.74) is 1.81. The zero-order valence-electron chi connectivity index (χ0n) is 14.6. The summed E-state index contributed by atoms with van der Waals surface area (Å²) >= 11 is 0. The Balaban J connectivity index is 1.41. The number of benzene rings is 1. The van der Waals surface area contributed by atoms with Gasteiger partial charge in [0.05, 0.1) is 5.56 Å². The van der Waals surface area contributed by atoms with Crippen LogP contribution < -0.4 is 0 Å². The van der Waals surface area contributed by atoms with Crippen LogP contribution in [0.4, 0.5) is 0 Å². The van der Waals surface area contributed by atoms with Gasteiger partial charge in [-0.1, -0.05) is 25.1 Å². The molecule has 5 nitrogen and oxygen atoms in total. The predicted octanol–water partition coefficient (Wildman–Crippen LogP) is 3.48. The molecule has 1 saturated heterocycles. The van der Waals surface area contributed by atoms with Crippen LogP contribution in [-0.4, -0.2) is 38.4 Å². The molecule has 0 atom stereocenters. The quantitative estimate of drug-likeness (QED) is 0.793. The molecule has 1 aromatic carbocycles. The highest BCUT2D eigenvalue weighted by molar-refractivity contribution is 6.06. The molecule has 130 valence electrons. The highest BCUT2D eigenvalue weighted by Gasteiger charge is 2.25. The molecule has 3 aromatic rings. The SMILES string of the molecule is CCc1nccn1CC1CCN(C(=O)c2c[nH]c3ccccc23)CC1. The number of carbonyl (C=O) groups is 1. The average Bonchev–Trinajstić information content (AvgIpc) is 3.28. The van der Waals surface area contributed by atoms with Crippen molar-refractivity contribution in [2.75, 3.05) is 13.1 Å². The molecule has 4 rings (SSSR count). The van der Waals surface area contributed by atoms with Gasteiger partial charge in [0.2, 0.25) is 0 Å². The summed E-state index contributed by atoms with van der Waals surface area (Å²) < 4.78 is 2.27. The van der Waals surface area contributed by atoms with Crippen LogP contribution in [0.25, 0.3) is 10.9 Å². The topological polar surface area (TPSA) is 53.9 Å². The second kappa shape index (κ2) is 6.75. The number of nitrogens with zero attached hydrogens (tertiary/aromatic N) is 3. The zero-order valence-corrected chi connectivity index (χ0v) is 14.6. The van der Waals surface area contributed by atoms with Crippen LogP contribution in [0.15, 0.2) is 42.9 Å². The van der Waals surface area contributed by atoms with Gasteiger partial charge in [0.25, 0.3) is 5.91 Å². The fourth-order valence-electron chi connectivity index (χ4n) is 3.84. The molecule has 5 heteroatoms. The van der Waals surface area contributed by atoms with E-state index < -0.39 is 0 Å². The lowest BCUT2D eigenvalue weighted by molar-refractivity contribution is 0.0684. The number of H-pyrrole nitrogens is 1. The number of imidazole rings is 1. The van der Waals surface area contributed by atoms with Gasteiger partial charge in [-0.2, -0.15) is 0 Å². The third-order valence-corrected chi connectivity index (χ3v) is 5.29. The second-order valence-electron chi connectivity index (χ2n) is 6.83. The maximum Gasteiger partial charge on any atom is 0.256 e. The van der Waals surface area contributed by atoms with Crippen molar-refractivity contribution in [3.05, 3.63) is 54.2 Å². The van der Waals surface area contributed by atoms with E-state index in [0.717, 1.165) is 61.2 Å². The molecule has 0 spiro atoms. The van der Waals surface area contributed by atoms with Crippen LogP contribution in [0.1, 0.15) is 35.9 Å². The van der Waals surface area contributed by atoms with E-state index >= 15 is 0 Å². The Bertz CT molecular complexity index is 871. The van der Waals surface area contributed by atoms with Crippen LogP contribution in [0.3, 0.4) is 0 Å². The molecule has 1 amide bonds. The van der Waals surface area contributed by atoms with Gasteiger partial charge in [-0.15, -0.1) is 0 Å². The number of piperidine rings is 1. The Morgan fingerprint density at radius 1 is 1.28 bits per heavy atom. The Morgan fingerprint density at radius 2 is 2.08 bits per heavy atom. The third-order valence-electron chi connectivity index (χ3n) is 5.29. The summed E-state index contributed by atoms with van der Waals surface area (Å²) in [5.74, 6) is 1.91. The smallest absolute Gasteiger partial charge is 0.256 e. The fraction of sp³-hybridized carbons (Fsp3) is 0.400. The van der Waals surface area contributed by atoms with Gasteiger partial charge in [-0.05, 0) is 24.8 Å². The zero-order chi connectivity index (χ0) is 17.2. The number of rotatable bonds is 4. The van der Waals surface area contributed by atoms with E-state index in [-0.39, 0.29) is 5.91 Å². The number of likely N-dealkylation sites (tertiary alicyclic amines) is 1. The van der Waals surface area contributed by atoms with Crippen LogP contribution in [0.5, 0.6) is 0 Å². The van der Waals surface area contributed by atoms with Crippen LogP contribution >= 0.6 is 0 Å². The molecule has 25 heavy (non-hydrogen) atoms. The highest BCUT2D eigenvalue weighted by Crippen LogP contribution is 2.24. The van der Waals surface area contributed by atoms with Gasteiger partial charge < -0.3 is 14.5 Å². The summed E-state index contributed by atoms with van der Waals surface area (Å²) in [6, 6.07) is 7.99. The number of amides is 1. The van der Waals surface area contributed by atoms with Crippen molar-refractivity contribution in [2.24, 2.45) is 5.92 Å². The summed E-state index contributed by atoms with van der Waals surface area (Å²) in [6.45, 7) is 4.82.